The molecule has 5 rings (SSSR count). The number of fused-ring (bicyclic) bond motifs is 1. The summed E-state index contributed by atoms with van der Waals surface area (Å²) in [4.78, 5) is 12.7. The molecule has 2 aromatic rings. The molecule has 1 unspecified atom stereocenters. The van der Waals surface area contributed by atoms with Crippen LogP contribution in [0.4, 0.5) is 0 Å². The second-order valence-corrected chi connectivity index (χ2v) is 6.59. The fourth-order valence-electron chi connectivity index (χ4n) is 4.46. The zero-order valence-corrected chi connectivity index (χ0v) is 13.0. The molecule has 0 radical (unpaired) electrons. The van der Waals surface area contributed by atoms with Gasteiger partial charge in [-0.2, -0.15) is 0 Å². The van der Waals surface area contributed by atoms with Crippen LogP contribution in [0.2, 0.25) is 0 Å². The Morgan fingerprint density at radius 2 is 1.55 bits per heavy atom. The molecule has 0 aliphatic heterocycles. The van der Waals surface area contributed by atoms with Crippen molar-refractivity contribution in [1.82, 2.24) is 0 Å². The molecule has 2 aromatic carbocycles. The Bertz CT molecular complexity index is 701. The van der Waals surface area contributed by atoms with Gasteiger partial charge in [-0.05, 0) is 42.5 Å². The summed E-state index contributed by atoms with van der Waals surface area (Å²) in [5.74, 6) is 0.338. The van der Waals surface area contributed by atoms with Crippen LogP contribution in [0.5, 0.6) is 0 Å². The highest BCUT2D eigenvalue weighted by Gasteiger charge is 2.54. The van der Waals surface area contributed by atoms with Crippen LogP contribution in [0, 0.1) is 5.41 Å². The highest BCUT2D eigenvalue weighted by atomic mass is 16.5. The van der Waals surface area contributed by atoms with E-state index in [4.69, 9.17) is 4.74 Å². The minimum absolute atomic E-state index is 0.0611. The number of esters is 1. The minimum atomic E-state index is -0.469. The first-order valence-corrected chi connectivity index (χ1v) is 8.01. The van der Waals surface area contributed by atoms with Crippen molar-refractivity contribution in [3.05, 3.63) is 70.8 Å². The van der Waals surface area contributed by atoms with E-state index in [2.05, 4.69) is 55.5 Å². The van der Waals surface area contributed by atoms with Gasteiger partial charge in [-0.3, -0.25) is 4.79 Å². The number of carbonyl (C=O) groups is 1. The summed E-state index contributed by atoms with van der Waals surface area (Å²) in [6.45, 7) is 4.40. The quantitative estimate of drug-likeness (QED) is 0.774. The highest BCUT2D eigenvalue weighted by Crippen LogP contribution is 2.61. The van der Waals surface area contributed by atoms with Crippen LogP contribution in [0.25, 0.3) is 0 Å². The summed E-state index contributed by atoms with van der Waals surface area (Å²) < 4.78 is 5.43. The Balaban J connectivity index is 1.95. The van der Waals surface area contributed by atoms with E-state index in [9.17, 15) is 4.79 Å². The molecule has 0 aromatic heterocycles. The fourth-order valence-corrected chi connectivity index (χ4v) is 4.46. The van der Waals surface area contributed by atoms with Crippen molar-refractivity contribution in [2.45, 2.75) is 32.1 Å². The van der Waals surface area contributed by atoms with Crippen LogP contribution in [-0.4, -0.2) is 12.6 Å². The summed E-state index contributed by atoms with van der Waals surface area (Å²) in [6.07, 6.45) is 0.838. The van der Waals surface area contributed by atoms with E-state index < -0.39 is 5.41 Å². The minimum Gasteiger partial charge on any atom is -0.466 e. The third kappa shape index (κ3) is 1.64. The van der Waals surface area contributed by atoms with Crippen molar-refractivity contribution in [3.8, 4) is 0 Å². The van der Waals surface area contributed by atoms with E-state index in [-0.39, 0.29) is 11.9 Å². The van der Waals surface area contributed by atoms with Gasteiger partial charge in [0.2, 0.25) is 0 Å². The fraction of sp³-hybridized carbons (Fsp3) is 0.350. The molecule has 2 bridgehead atoms. The van der Waals surface area contributed by atoms with Crippen LogP contribution in [-0.2, 0) is 9.53 Å². The molecule has 0 amide bonds. The summed E-state index contributed by atoms with van der Waals surface area (Å²) >= 11 is 0. The summed E-state index contributed by atoms with van der Waals surface area (Å²) in [7, 11) is 0. The lowest BCUT2D eigenvalue weighted by molar-refractivity contribution is -0.156. The van der Waals surface area contributed by atoms with Crippen molar-refractivity contribution >= 4 is 5.97 Å². The maximum absolute atomic E-state index is 12.7. The van der Waals surface area contributed by atoms with E-state index >= 15 is 0 Å². The lowest BCUT2D eigenvalue weighted by atomic mass is 9.53. The molecular formula is C20H20O2. The standard InChI is InChI=1S/C20H20O2/c1-3-22-19(21)20(2)12-17-13-8-4-6-10-15(13)18(20)16-11-7-5-9-14(16)17/h4-11,17-18H,3,12H2,1-2H3. The highest BCUT2D eigenvalue weighted by molar-refractivity contribution is 5.81. The zero-order valence-electron chi connectivity index (χ0n) is 13.0. The van der Waals surface area contributed by atoms with Crippen molar-refractivity contribution in [2.75, 3.05) is 6.61 Å². The molecule has 0 N–H and O–H groups in total. The maximum Gasteiger partial charge on any atom is 0.312 e. The monoisotopic (exact) mass is 292 g/mol. The maximum atomic E-state index is 12.7. The van der Waals surface area contributed by atoms with Gasteiger partial charge in [0.25, 0.3) is 0 Å². The first kappa shape index (κ1) is 13.6. The molecule has 2 nitrogen and oxygen atoms in total. The van der Waals surface area contributed by atoms with Gasteiger partial charge >= 0.3 is 5.97 Å². The first-order valence-electron chi connectivity index (χ1n) is 8.01. The molecule has 0 saturated heterocycles. The molecule has 0 spiro atoms. The van der Waals surface area contributed by atoms with Gasteiger partial charge in [0.15, 0.2) is 0 Å². The normalized spacial score (nSPS) is 27.9. The van der Waals surface area contributed by atoms with Gasteiger partial charge in [0, 0.05) is 11.8 Å². The molecule has 0 heterocycles. The SMILES string of the molecule is CCOC(=O)C1(C)CC2c3ccccc3C1c1ccccc12. The zero-order chi connectivity index (χ0) is 15.3. The number of ether oxygens (including phenoxy) is 1. The van der Waals surface area contributed by atoms with Crippen molar-refractivity contribution in [2.24, 2.45) is 5.41 Å². The van der Waals surface area contributed by atoms with Crippen LogP contribution < -0.4 is 0 Å². The Labute approximate surface area is 131 Å². The van der Waals surface area contributed by atoms with E-state index in [1.165, 1.54) is 22.3 Å². The Kier molecular flexibility index (Phi) is 2.90. The summed E-state index contributed by atoms with van der Waals surface area (Å²) in [5, 5.41) is 0. The second-order valence-electron chi connectivity index (χ2n) is 6.59. The Morgan fingerprint density at radius 3 is 2.05 bits per heavy atom. The van der Waals surface area contributed by atoms with Crippen LogP contribution in [0.15, 0.2) is 48.5 Å². The van der Waals surface area contributed by atoms with E-state index in [1.54, 1.807) is 0 Å². The topological polar surface area (TPSA) is 26.3 Å². The third-order valence-corrected chi connectivity index (χ3v) is 5.37. The molecule has 1 atom stereocenters. The molecule has 3 aliphatic carbocycles. The van der Waals surface area contributed by atoms with E-state index in [1.807, 2.05) is 6.92 Å². The Hall–Kier alpha value is -2.09. The molecule has 22 heavy (non-hydrogen) atoms. The third-order valence-electron chi connectivity index (χ3n) is 5.37. The summed E-state index contributed by atoms with van der Waals surface area (Å²) in [5.41, 5.74) is 4.89. The van der Waals surface area contributed by atoms with Crippen LogP contribution in [0.3, 0.4) is 0 Å². The van der Waals surface area contributed by atoms with Gasteiger partial charge in [0.1, 0.15) is 0 Å². The Morgan fingerprint density at radius 1 is 1.05 bits per heavy atom. The molecule has 0 saturated carbocycles. The smallest absolute Gasteiger partial charge is 0.312 e. The number of benzene rings is 2. The van der Waals surface area contributed by atoms with E-state index in [0.29, 0.717) is 12.5 Å². The average Bonchev–Trinajstić information content (AvgIpc) is 2.55. The molecule has 2 heteroatoms. The number of hydrogen-bond acceptors (Lipinski definition) is 2. The van der Waals surface area contributed by atoms with Crippen molar-refractivity contribution in [3.63, 3.8) is 0 Å². The molecule has 3 aliphatic rings. The van der Waals surface area contributed by atoms with Gasteiger partial charge in [-0.1, -0.05) is 48.5 Å². The van der Waals surface area contributed by atoms with Gasteiger partial charge in [-0.15, -0.1) is 0 Å². The number of carbonyl (C=O) groups excluding carboxylic acids is 1. The van der Waals surface area contributed by atoms with Crippen molar-refractivity contribution < 1.29 is 9.53 Å². The average molecular weight is 292 g/mol. The van der Waals surface area contributed by atoms with Gasteiger partial charge < -0.3 is 4.74 Å². The predicted molar refractivity (Wildman–Crippen MR) is 85.9 cm³/mol. The lowest BCUT2D eigenvalue weighted by Gasteiger charge is -2.50. The number of hydrogen-bond donors (Lipinski definition) is 0. The first-order chi connectivity index (χ1) is 10.7. The predicted octanol–water partition coefficient (Wildman–Crippen LogP) is 4.24. The van der Waals surface area contributed by atoms with Crippen molar-refractivity contribution in [1.29, 1.82) is 0 Å². The van der Waals surface area contributed by atoms with E-state index in [0.717, 1.165) is 6.42 Å². The summed E-state index contributed by atoms with van der Waals surface area (Å²) in [6, 6.07) is 17.1. The molecule has 112 valence electrons. The number of rotatable bonds is 2. The molecular weight excluding hydrogens is 272 g/mol. The van der Waals surface area contributed by atoms with Gasteiger partial charge in [0.05, 0.1) is 12.0 Å². The van der Waals surface area contributed by atoms with Crippen LogP contribution >= 0.6 is 0 Å². The van der Waals surface area contributed by atoms with Crippen LogP contribution in [0.1, 0.15) is 54.4 Å². The lowest BCUT2D eigenvalue weighted by Crippen LogP contribution is -2.45. The second kappa shape index (κ2) is 4.70. The van der Waals surface area contributed by atoms with Gasteiger partial charge in [-0.25, -0.2) is 0 Å². The molecule has 0 fully saturated rings. The largest absolute Gasteiger partial charge is 0.466 e.